The molecule has 0 aliphatic carbocycles. The first-order valence-corrected chi connectivity index (χ1v) is 4.39. The summed E-state index contributed by atoms with van der Waals surface area (Å²) in [7, 11) is 5.78. The molecule has 1 aromatic carbocycles. The molecule has 1 rings (SSSR count). The van der Waals surface area contributed by atoms with Crippen LogP contribution in [0.15, 0.2) is 12.1 Å². The van der Waals surface area contributed by atoms with Gasteiger partial charge in [-0.15, -0.1) is 0 Å². The van der Waals surface area contributed by atoms with Gasteiger partial charge in [0.15, 0.2) is 0 Å². The molecule has 0 saturated heterocycles. The van der Waals surface area contributed by atoms with Crippen molar-refractivity contribution in [3.05, 3.63) is 23.3 Å². The third kappa shape index (κ3) is 1.94. The molecule has 2 nitrogen and oxygen atoms in total. The lowest BCUT2D eigenvalue weighted by molar-refractivity contribution is 0.411. The summed E-state index contributed by atoms with van der Waals surface area (Å²) in [5, 5.41) is 0. The lowest BCUT2D eigenvalue weighted by Crippen LogP contribution is -2.10. The van der Waals surface area contributed by atoms with E-state index in [2.05, 4.69) is 30.9 Å². The lowest BCUT2D eigenvalue weighted by Gasteiger charge is -2.17. The van der Waals surface area contributed by atoms with E-state index in [0.29, 0.717) is 0 Å². The summed E-state index contributed by atoms with van der Waals surface area (Å²) in [4.78, 5) is 2.09. The fourth-order valence-corrected chi connectivity index (χ4v) is 1.52. The van der Waals surface area contributed by atoms with Crippen LogP contribution in [-0.2, 0) is 0 Å². The van der Waals surface area contributed by atoms with Crippen molar-refractivity contribution in [3.8, 4) is 5.75 Å². The van der Waals surface area contributed by atoms with E-state index in [1.54, 1.807) is 7.11 Å². The van der Waals surface area contributed by atoms with Crippen molar-refractivity contribution in [2.24, 2.45) is 0 Å². The van der Waals surface area contributed by atoms with E-state index in [1.165, 1.54) is 16.8 Å². The number of hydrogen-bond acceptors (Lipinski definition) is 2. The molecule has 0 heterocycles. The normalized spacial score (nSPS) is 9.92. The van der Waals surface area contributed by atoms with Crippen molar-refractivity contribution in [2.75, 3.05) is 26.1 Å². The highest BCUT2D eigenvalue weighted by Crippen LogP contribution is 2.27. The molecule has 0 aromatic heterocycles. The van der Waals surface area contributed by atoms with Crippen molar-refractivity contribution in [1.29, 1.82) is 0 Å². The second-order valence-corrected chi connectivity index (χ2v) is 3.50. The maximum absolute atomic E-state index is 5.26. The van der Waals surface area contributed by atoms with E-state index < -0.39 is 0 Å². The zero-order valence-electron chi connectivity index (χ0n) is 9.01. The molecular weight excluding hydrogens is 162 g/mol. The fraction of sp³-hybridized carbons (Fsp3) is 0.455. The topological polar surface area (TPSA) is 12.5 Å². The average molecular weight is 179 g/mol. The highest BCUT2D eigenvalue weighted by molar-refractivity contribution is 5.58. The molecule has 0 aliphatic rings. The Morgan fingerprint density at radius 1 is 1.08 bits per heavy atom. The summed E-state index contributed by atoms with van der Waals surface area (Å²) in [5.41, 5.74) is 3.68. The Morgan fingerprint density at radius 3 is 2.15 bits per heavy atom. The van der Waals surface area contributed by atoms with Gasteiger partial charge >= 0.3 is 0 Å². The van der Waals surface area contributed by atoms with Gasteiger partial charge in [-0.05, 0) is 25.0 Å². The molecule has 0 amide bonds. The minimum absolute atomic E-state index is 0.953. The zero-order valence-corrected chi connectivity index (χ0v) is 9.01. The summed E-state index contributed by atoms with van der Waals surface area (Å²) in [6.07, 6.45) is 0. The van der Waals surface area contributed by atoms with Gasteiger partial charge in [-0.25, -0.2) is 0 Å². The van der Waals surface area contributed by atoms with Crippen LogP contribution in [0.25, 0.3) is 0 Å². The van der Waals surface area contributed by atoms with Gasteiger partial charge in [-0.3, -0.25) is 0 Å². The van der Waals surface area contributed by atoms with Crippen LogP contribution >= 0.6 is 0 Å². The summed E-state index contributed by atoms with van der Waals surface area (Å²) in [6, 6.07) is 4.22. The third-order valence-corrected chi connectivity index (χ3v) is 2.20. The van der Waals surface area contributed by atoms with Crippen LogP contribution in [0.2, 0.25) is 0 Å². The van der Waals surface area contributed by atoms with Crippen molar-refractivity contribution in [2.45, 2.75) is 13.8 Å². The van der Waals surface area contributed by atoms with Crippen LogP contribution in [0.3, 0.4) is 0 Å². The van der Waals surface area contributed by atoms with Gasteiger partial charge in [-0.2, -0.15) is 0 Å². The van der Waals surface area contributed by atoms with E-state index >= 15 is 0 Å². The molecule has 0 radical (unpaired) electrons. The van der Waals surface area contributed by atoms with Crippen molar-refractivity contribution < 1.29 is 4.74 Å². The van der Waals surface area contributed by atoms with Gasteiger partial charge in [0.1, 0.15) is 5.75 Å². The SMILES string of the molecule is COc1cc(N(C)C)c(C)cc1C. The first-order chi connectivity index (χ1) is 6.06. The van der Waals surface area contributed by atoms with Crippen LogP contribution in [0.4, 0.5) is 5.69 Å². The Balaban J connectivity index is 3.22. The lowest BCUT2D eigenvalue weighted by atomic mass is 10.1. The highest BCUT2D eigenvalue weighted by Gasteiger charge is 2.05. The molecule has 0 atom stereocenters. The Morgan fingerprint density at radius 2 is 1.69 bits per heavy atom. The number of benzene rings is 1. The number of rotatable bonds is 2. The number of hydrogen-bond donors (Lipinski definition) is 0. The van der Waals surface area contributed by atoms with E-state index in [1.807, 2.05) is 14.1 Å². The number of methoxy groups -OCH3 is 1. The first kappa shape index (κ1) is 9.90. The highest BCUT2D eigenvalue weighted by atomic mass is 16.5. The Labute approximate surface area is 80.1 Å². The van der Waals surface area contributed by atoms with Crippen LogP contribution in [0.1, 0.15) is 11.1 Å². The number of anilines is 1. The Bertz CT molecular complexity index is 305. The molecule has 0 bridgehead atoms. The van der Waals surface area contributed by atoms with Crippen molar-refractivity contribution >= 4 is 5.69 Å². The molecule has 1 aromatic rings. The summed E-state index contributed by atoms with van der Waals surface area (Å²) < 4.78 is 5.26. The predicted octanol–water partition coefficient (Wildman–Crippen LogP) is 2.38. The minimum Gasteiger partial charge on any atom is -0.496 e. The molecule has 2 heteroatoms. The van der Waals surface area contributed by atoms with E-state index in [9.17, 15) is 0 Å². The van der Waals surface area contributed by atoms with Crippen LogP contribution in [0.5, 0.6) is 5.75 Å². The van der Waals surface area contributed by atoms with Gasteiger partial charge in [0.05, 0.1) is 7.11 Å². The number of aryl methyl sites for hydroxylation is 2. The van der Waals surface area contributed by atoms with Crippen LogP contribution in [0, 0.1) is 13.8 Å². The molecule has 0 aliphatic heterocycles. The second kappa shape index (κ2) is 3.69. The monoisotopic (exact) mass is 179 g/mol. The smallest absolute Gasteiger partial charge is 0.123 e. The summed E-state index contributed by atoms with van der Waals surface area (Å²) in [5.74, 6) is 0.953. The molecule has 0 spiro atoms. The summed E-state index contributed by atoms with van der Waals surface area (Å²) in [6.45, 7) is 4.17. The number of ether oxygens (including phenoxy) is 1. The van der Waals surface area contributed by atoms with E-state index in [0.717, 1.165) is 5.75 Å². The van der Waals surface area contributed by atoms with Gasteiger partial charge in [0.25, 0.3) is 0 Å². The third-order valence-electron chi connectivity index (χ3n) is 2.20. The second-order valence-electron chi connectivity index (χ2n) is 3.50. The maximum Gasteiger partial charge on any atom is 0.123 e. The molecule has 0 unspecified atom stereocenters. The number of nitrogens with zero attached hydrogens (tertiary/aromatic N) is 1. The molecule has 72 valence electrons. The van der Waals surface area contributed by atoms with Gasteiger partial charge < -0.3 is 9.64 Å². The minimum atomic E-state index is 0.953. The molecule has 13 heavy (non-hydrogen) atoms. The van der Waals surface area contributed by atoms with Gasteiger partial charge in [0, 0.05) is 25.8 Å². The largest absolute Gasteiger partial charge is 0.496 e. The standard InChI is InChI=1S/C11H17NO/c1-8-6-9(2)11(13-5)7-10(8)12(3)4/h6-7H,1-5H3. The predicted molar refractivity (Wildman–Crippen MR) is 56.8 cm³/mol. The molecule has 0 fully saturated rings. The maximum atomic E-state index is 5.26. The van der Waals surface area contributed by atoms with Crippen LogP contribution in [-0.4, -0.2) is 21.2 Å². The average Bonchev–Trinajstić information content (AvgIpc) is 2.03. The van der Waals surface area contributed by atoms with E-state index in [4.69, 9.17) is 4.74 Å². The molecule has 0 N–H and O–H groups in total. The van der Waals surface area contributed by atoms with Gasteiger partial charge in [0.2, 0.25) is 0 Å². The van der Waals surface area contributed by atoms with Crippen LogP contribution < -0.4 is 9.64 Å². The quantitative estimate of drug-likeness (QED) is 0.691. The Hall–Kier alpha value is -1.18. The van der Waals surface area contributed by atoms with E-state index in [-0.39, 0.29) is 0 Å². The van der Waals surface area contributed by atoms with Gasteiger partial charge in [-0.1, -0.05) is 6.07 Å². The van der Waals surface area contributed by atoms with Crippen molar-refractivity contribution in [1.82, 2.24) is 0 Å². The fourth-order valence-electron chi connectivity index (χ4n) is 1.52. The molecule has 0 saturated carbocycles. The molecular formula is C11H17NO. The zero-order chi connectivity index (χ0) is 10.0. The van der Waals surface area contributed by atoms with Crippen molar-refractivity contribution in [3.63, 3.8) is 0 Å². The first-order valence-electron chi connectivity index (χ1n) is 4.39. The summed E-state index contributed by atoms with van der Waals surface area (Å²) >= 11 is 0. The Kier molecular flexibility index (Phi) is 2.81.